The van der Waals surface area contributed by atoms with Crippen molar-refractivity contribution >= 4 is 52.4 Å². The lowest BCUT2D eigenvalue weighted by Gasteiger charge is -2.15. The highest BCUT2D eigenvalue weighted by Gasteiger charge is 2.39. The number of carbonyl (C=O) groups is 4. The SMILES string of the molecule is CCCOC(=O)c1ccc(N2C(=O)C(Cl)=C(Nc3ccc(C(=O)Oc4ccc(C)cc4N)cc3)C2=O)cc1. The summed E-state index contributed by atoms with van der Waals surface area (Å²) in [6, 6.07) is 17.1. The summed E-state index contributed by atoms with van der Waals surface area (Å²) in [6.07, 6.45) is 0.690. The summed E-state index contributed by atoms with van der Waals surface area (Å²) in [5.41, 5.74) is 8.28. The number of esters is 2. The predicted octanol–water partition coefficient (Wildman–Crippen LogP) is 4.80. The molecule has 194 valence electrons. The third kappa shape index (κ3) is 5.52. The Morgan fingerprint density at radius 3 is 2.18 bits per heavy atom. The van der Waals surface area contributed by atoms with Crippen molar-refractivity contribution in [3.05, 3.63) is 94.1 Å². The van der Waals surface area contributed by atoms with Crippen molar-refractivity contribution in [3.8, 4) is 5.75 Å². The predicted molar refractivity (Wildman–Crippen MR) is 143 cm³/mol. The Bertz CT molecular complexity index is 1450. The number of ether oxygens (including phenoxy) is 2. The summed E-state index contributed by atoms with van der Waals surface area (Å²) in [5, 5.41) is 2.55. The van der Waals surface area contributed by atoms with Gasteiger partial charge in [-0.25, -0.2) is 14.5 Å². The van der Waals surface area contributed by atoms with E-state index in [0.717, 1.165) is 10.5 Å². The van der Waals surface area contributed by atoms with Gasteiger partial charge in [0, 0.05) is 5.69 Å². The molecule has 1 aliphatic heterocycles. The minimum Gasteiger partial charge on any atom is -0.462 e. The van der Waals surface area contributed by atoms with Gasteiger partial charge in [0.1, 0.15) is 10.7 Å². The van der Waals surface area contributed by atoms with Gasteiger partial charge in [0.05, 0.1) is 29.1 Å². The molecule has 0 spiro atoms. The molecule has 38 heavy (non-hydrogen) atoms. The largest absolute Gasteiger partial charge is 0.462 e. The van der Waals surface area contributed by atoms with Crippen molar-refractivity contribution in [2.24, 2.45) is 0 Å². The third-order valence-electron chi connectivity index (χ3n) is 5.58. The minimum absolute atomic E-state index is 0.120. The van der Waals surface area contributed by atoms with Crippen LogP contribution < -0.4 is 20.7 Å². The van der Waals surface area contributed by atoms with E-state index in [2.05, 4.69) is 5.32 Å². The average molecular weight is 534 g/mol. The second-order valence-electron chi connectivity index (χ2n) is 8.45. The number of carbonyl (C=O) groups excluding carboxylic acids is 4. The maximum atomic E-state index is 13.0. The van der Waals surface area contributed by atoms with Crippen LogP contribution in [-0.2, 0) is 14.3 Å². The van der Waals surface area contributed by atoms with Gasteiger partial charge in [-0.3, -0.25) is 9.59 Å². The number of benzene rings is 3. The number of nitrogen functional groups attached to an aromatic ring is 1. The maximum absolute atomic E-state index is 13.0. The van der Waals surface area contributed by atoms with Crippen molar-refractivity contribution < 1.29 is 28.7 Å². The summed E-state index contributed by atoms with van der Waals surface area (Å²) in [5.74, 6) is -2.23. The molecule has 0 radical (unpaired) electrons. The van der Waals surface area contributed by atoms with Crippen LogP contribution in [0.15, 0.2) is 77.5 Å². The molecule has 3 N–H and O–H groups in total. The topological polar surface area (TPSA) is 128 Å². The fourth-order valence-electron chi connectivity index (χ4n) is 3.62. The third-order valence-corrected chi connectivity index (χ3v) is 5.93. The van der Waals surface area contributed by atoms with E-state index in [0.29, 0.717) is 30.0 Å². The first-order chi connectivity index (χ1) is 18.2. The number of aryl methyl sites for hydroxylation is 1. The summed E-state index contributed by atoms with van der Waals surface area (Å²) < 4.78 is 10.5. The van der Waals surface area contributed by atoms with Crippen LogP contribution >= 0.6 is 11.6 Å². The van der Waals surface area contributed by atoms with Crippen molar-refractivity contribution in [2.75, 3.05) is 22.6 Å². The molecule has 1 aliphatic rings. The monoisotopic (exact) mass is 533 g/mol. The number of amides is 2. The van der Waals surface area contributed by atoms with Gasteiger partial charge in [-0.05, 0) is 79.6 Å². The van der Waals surface area contributed by atoms with Gasteiger partial charge in [-0.2, -0.15) is 0 Å². The summed E-state index contributed by atoms with van der Waals surface area (Å²) in [7, 11) is 0. The van der Waals surface area contributed by atoms with Gasteiger partial charge in [-0.15, -0.1) is 0 Å². The molecule has 2 amide bonds. The summed E-state index contributed by atoms with van der Waals surface area (Å²) in [6.45, 7) is 4.05. The second kappa shape index (κ2) is 11.2. The number of nitrogens with one attached hydrogen (secondary N) is 1. The molecule has 1 heterocycles. The Morgan fingerprint density at radius 2 is 1.55 bits per heavy atom. The standard InChI is InChI=1S/C28H24ClN3O6/c1-3-14-37-27(35)17-7-11-20(12-8-17)32-25(33)23(29)24(26(32)34)31-19-9-5-18(6-10-19)28(36)38-22-13-4-16(2)15-21(22)30/h4-13,15,31H,3,14,30H2,1-2H3. The lowest BCUT2D eigenvalue weighted by Crippen LogP contribution is -2.32. The number of nitrogens with two attached hydrogens (primary N) is 1. The number of imide groups is 1. The Balaban J connectivity index is 1.44. The Hall–Kier alpha value is -4.63. The highest BCUT2D eigenvalue weighted by molar-refractivity contribution is 6.53. The zero-order chi connectivity index (χ0) is 27.4. The molecular formula is C28H24ClN3O6. The Labute approximate surface area is 223 Å². The molecule has 0 aromatic heterocycles. The van der Waals surface area contributed by atoms with E-state index in [1.54, 1.807) is 30.3 Å². The maximum Gasteiger partial charge on any atom is 0.343 e. The lowest BCUT2D eigenvalue weighted by atomic mass is 10.2. The van der Waals surface area contributed by atoms with E-state index in [-0.39, 0.29) is 27.7 Å². The van der Waals surface area contributed by atoms with Crippen LogP contribution in [0.2, 0.25) is 0 Å². The smallest absolute Gasteiger partial charge is 0.343 e. The average Bonchev–Trinajstić information content (AvgIpc) is 3.12. The van der Waals surface area contributed by atoms with Crippen LogP contribution in [0.5, 0.6) is 5.75 Å². The first-order valence-corrected chi connectivity index (χ1v) is 12.1. The second-order valence-corrected chi connectivity index (χ2v) is 8.83. The quantitative estimate of drug-likeness (QED) is 0.183. The van der Waals surface area contributed by atoms with Gasteiger partial charge in [0.2, 0.25) is 0 Å². The fraction of sp³-hybridized carbons (Fsp3) is 0.143. The molecule has 3 aromatic rings. The minimum atomic E-state index is -0.712. The number of hydrogen-bond donors (Lipinski definition) is 2. The van der Waals surface area contributed by atoms with E-state index in [1.165, 1.54) is 36.4 Å². The van der Waals surface area contributed by atoms with E-state index in [4.69, 9.17) is 26.8 Å². The van der Waals surface area contributed by atoms with Crippen molar-refractivity contribution in [1.29, 1.82) is 0 Å². The fourth-order valence-corrected chi connectivity index (χ4v) is 3.84. The van der Waals surface area contributed by atoms with E-state index >= 15 is 0 Å². The van der Waals surface area contributed by atoms with Crippen LogP contribution in [0.3, 0.4) is 0 Å². The first kappa shape index (κ1) is 26.4. The molecule has 0 saturated carbocycles. The molecule has 0 saturated heterocycles. The van der Waals surface area contributed by atoms with Crippen LogP contribution in [0.25, 0.3) is 0 Å². The van der Waals surface area contributed by atoms with Gasteiger partial charge >= 0.3 is 11.9 Å². The molecule has 3 aromatic carbocycles. The molecular weight excluding hydrogens is 510 g/mol. The highest BCUT2D eigenvalue weighted by Crippen LogP contribution is 2.30. The molecule has 10 heteroatoms. The zero-order valence-electron chi connectivity index (χ0n) is 20.6. The van der Waals surface area contributed by atoms with Crippen LogP contribution in [0, 0.1) is 6.92 Å². The summed E-state index contributed by atoms with van der Waals surface area (Å²) in [4.78, 5) is 51.2. The number of rotatable bonds is 8. The normalized spacial score (nSPS) is 13.1. The van der Waals surface area contributed by atoms with Crippen molar-refractivity contribution in [1.82, 2.24) is 0 Å². The van der Waals surface area contributed by atoms with Crippen LogP contribution in [-0.4, -0.2) is 30.4 Å². The van der Waals surface area contributed by atoms with Crippen LogP contribution in [0.4, 0.5) is 17.1 Å². The highest BCUT2D eigenvalue weighted by atomic mass is 35.5. The van der Waals surface area contributed by atoms with Crippen molar-refractivity contribution in [3.63, 3.8) is 0 Å². The molecule has 0 atom stereocenters. The van der Waals surface area contributed by atoms with Gasteiger partial charge in [0.15, 0.2) is 5.75 Å². The van der Waals surface area contributed by atoms with Crippen molar-refractivity contribution in [2.45, 2.75) is 20.3 Å². The number of halogens is 1. The van der Waals surface area contributed by atoms with E-state index in [9.17, 15) is 19.2 Å². The Kier molecular flexibility index (Phi) is 7.78. The molecule has 0 unspecified atom stereocenters. The van der Waals surface area contributed by atoms with E-state index in [1.807, 2.05) is 13.8 Å². The first-order valence-electron chi connectivity index (χ1n) is 11.7. The number of anilines is 3. The van der Waals surface area contributed by atoms with Gasteiger partial charge in [0.25, 0.3) is 11.8 Å². The molecule has 0 aliphatic carbocycles. The molecule has 9 nitrogen and oxygen atoms in total. The van der Waals surface area contributed by atoms with E-state index < -0.39 is 23.8 Å². The van der Waals surface area contributed by atoms with Gasteiger partial charge in [-0.1, -0.05) is 24.6 Å². The zero-order valence-corrected chi connectivity index (χ0v) is 21.4. The summed E-state index contributed by atoms with van der Waals surface area (Å²) >= 11 is 6.20. The lowest BCUT2D eigenvalue weighted by molar-refractivity contribution is -0.120. The van der Waals surface area contributed by atoms with Crippen LogP contribution in [0.1, 0.15) is 39.6 Å². The Morgan fingerprint density at radius 1 is 0.921 bits per heavy atom. The molecule has 0 fully saturated rings. The number of hydrogen-bond acceptors (Lipinski definition) is 8. The van der Waals surface area contributed by atoms with Gasteiger partial charge < -0.3 is 20.5 Å². The molecule has 4 rings (SSSR count). The molecule has 0 bridgehead atoms. The number of nitrogens with zero attached hydrogens (tertiary/aromatic N) is 1.